The molecule has 3 atom stereocenters. The molecule has 264 valence electrons. The van der Waals surface area contributed by atoms with E-state index in [0.29, 0.717) is 0 Å². The molecular formula is C36H45N3O10. The minimum Gasteiger partial charge on any atom is -0.480 e. The van der Waals surface area contributed by atoms with Crippen LogP contribution < -0.4 is 16.0 Å². The summed E-state index contributed by atoms with van der Waals surface area (Å²) in [7, 11) is 0. The van der Waals surface area contributed by atoms with Crippen molar-refractivity contribution < 1.29 is 48.1 Å². The second kappa shape index (κ2) is 17.4. The molecule has 3 rings (SSSR count). The molecule has 0 radical (unpaired) electrons. The number of esters is 1. The number of ether oxygens (including phenoxy) is 2. The summed E-state index contributed by atoms with van der Waals surface area (Å²) in [5, 5.41) is 16.9. The molecule has 1 aliphatic carbocycles. The van der Waals surface area contributed by atoms with Crippen LogP contribution in [-0.2, 0) is 38.2 Å². The smallest absolute Gasteiger partial charge is 0.407 e. The Labute approximate surface area is 285 Å². The van der Waals surface area contributed by atoms with Crippen LogP contribution >= 0.6 is 0 Å². The van der Waals surface area contributed by atoms with Gasteiger partial charge >= 0.3 is 18.0 Å². The van der Waals surface area contributed by atoms with Crippen molar-refractivity contribution in [2.75, 3.05) is 6.61 Å². The normalized spacial score (nSPS) is 13.9. The lowest BCUT2D eigenvalue weighted by molar-refractivity contribution is -0.155. The second-order valence-electron chi connectivity index (χ2n) is 13.1. The summed E-state index contributed by atoms with van der Waals surface area (Å²) in [4.78, 5) is 87.5. The van der Waals surface area contributed by atoms with Crippen molar-refractivity contribution >= 4 is 41.4 Å². The van der Waals surface area contributed by atoms with Crippen molar-refractivity contribution in [2.45, 2.75) is 103 Å². The molecule has 0 heterocycles. The van der Waals surface area contributed by atoms with Gasteiger partial charge in [-0.05, 0) is 76.1 Å². The van der Waals surface area contributed by atoms with Crippen molar-refractivity contribution in [2.24, 2.45) is 0 Å². The van der Waals surface area contributed by atoms with Crippen molar-refractivity contribution in [1.29, 1.82) is 0 Å². The number of carbonyl (C=O) groups is 7. The third-order valence-electron chi connectivity index (χ3n) is 7.83. The van der Waals surface area contributed by atoms with Gasteiger partial charge < -0.3 is 40.1 Å². The number of ketones is 2. The summed E-state index contributed by atoms with van der Waals surface area (Å²) in [5.74, 6) is -4.58. The second-order valence-corrected chi connectivity index (χ2v) is 13.1. The lowest BCUT2D eigenvalue weighted by Crippen LogP contribution is -2.56. The number of nitrogens with one attached hydrogen (secondary N) is 3. The zero-order valence-corrected chi connectivity index (χ0v) is 28.5. The fourth-order valence-electron chi connectivity index (χ4n) is 5.47. The number of Topliss-reactive ketones (excluding diaryl/α,β-unsaturated/α-hetero) is 2. The number of amides is 3. The first-order valence-electron chi connectivity index (χ1n) is 16.2. The molecule has 2 aromatic rings. The van der Waals surface area contributed by atoms with E-state index in [4.69, 9.17) is 9.47 Å². The minimum absolute atomic E-state index is 0.0291. The Morgan fingerprint density at radius 2 is 1.14 bits per heavy atom. The molecule has 0 bridgehead atoms. The van der Waals surface area contributed by atoms with Gasteiger partial charge in [0.1, 0.15) is 41.9 Å². The Kier molecular flexibility index (Phi) is 13.6. The van der Waals surface area contributed by atoms with E-state index in [1.165, 1.54) is 13.8 Å². The highest BCUT2D eigenvalue weighted by Crippen LogP contribution is 2.44. The molecule has 1 aliphatic rings. The molecule has 0 aliphatic heterocycles. The third-order valence-corrected chi connectivity index (χ3v) is 7.83. The van der Waals surface area contributed by atoms with Gasteiger partial charge in [0.05, 0.1) is 0 Å². The molecule has 0 aromatic heterocycles. The van der Waals surface area contributed by atoms with E-state index in [2.05, 4.69) is 16.0 Å². The lowest BCUT2D eigenvalue weighted by atomic mass is 9.98. The van der Waals surface area contributed by atoms with Gasteiger partial charge in [0.2, 0.25) is 11.8 Å². The van der Waals surface area contributed by atoms with E-state index in [-0.39, 0.29) is 62.6 Å². The number of carboxylic acids is 1. The molecule has 4 N–H and O–H groups in total. The summed E-state index contributed by atoms with van der Waals surface area (Å²) < 4.78 is 10.9. The number of alkyl carbamates (subject to hydrolysis) is 1. The molecule has 0 unspecified atom stereocenters. The fourth-order valence-corrected chi connectivity index (χ4v) is 5.47. The van der Waals surface area contributed by atoms with Crippen LogP contribution in [0.25, 0.3) is 11.1 Å². The number of benzene rings is 2. The van der Waals surface area contributed by atoms with E-state index in [1.54, 1.807) is 20.8 Å². The van der Waals surface area contributed by atoms with Crippen molar-refractivity contribution in [1.82, 2.24) is 16.0 Å². The van der Waals surface area contributed by atoms with Crippen LogP contribution in [0.5, 0.6) is 0 Å². The molecule has 49 heavy (non-hydrogen) atoms. The van der Waals surface area contributed by atoms with Crippen molar-refractivity contribution in [3.05, 3.63) is 59.7 Å². The van der Waals surface area contributed by atoms with Gasteiger partial charge in [-0.25, -0.2) is 9.59 Å². The highest BCUT2D eigenvalue weighted by Gasteiger charge is 2.32. The van der Waals surface area contributed by atoms with Gasteiger partial charge in [-0.3, -0.25) is 14.4 Å². The largest absolute Gasteiger partial charge is 0.480 e. The molecule has 0 spiro atoms. The summed E-state index contributed by atoms with van der Waals surface area (Å²) in [5.41, 5.74) is 3.23. The Bertz CT molecular complexity index is 1520. The van der Waals surface area contributed by atoms with Crippen molar-refractivity contribution in [3.63, 3.8) is 0 Å². The maximum Gasteiger partial charge on any atom is 0.407 e. The van der Waals surface area contributed by atoms with Crippen LogP contribution in [0.1, 0.15) is 90.2 Å². The summed E-state index contributed by atoms with van der Waals surface area (Å²) in [6.45, 7) is 7.58. The standard InChI is InChI=1S/C36H45N3O10/c1-21(40)14-16-29(39-35(47)48-20-27-25-12-8-6-10-23(25)24-11-7-9-13-26(24)27)33(44)37-28(18-19-31(42)49-36(3,4)5)32(43)38-30(34(45)46)17-15-22(2)41/h6-13,27-30H,14-20H2,1-5H3,(H,37,44)(H,38,43)(H,39,47)(H,45,46)/t28-,29-,30-/m0/s1. The third kappa shape index (κ3) is 11.8. The van der Waals surface area contributed by atoms with Gasteiger partial charge in [0.25, 0.3) is 0 Å². The fraction of sp³-hybridized carbons (Fsp3) is 0.472. The number of carboxylic acid groups (broad SMARTS) is 1. The summed E-state index contributed by atoms with van der Waals surface area (Å²) in [6.07, 6.45) is -1.99. The van der Waals surface area contributed by atoms with Crippen LogP contribution in [0.4, 0.5) is 4.79 Å². The first-order valence-corrected chi connectivity index (χ1v) is 16.2. The first-order chi connectivity index (χ1) is 23.1. The summed E-state index contributed by atoms with van der Waals surface area (Å²) >= 11 is 0. The Morgan fingerprint density at radius 3 is 1.63 bits per heavy atom. The van der Waals surface area contributed by atoms with E-state index < -0.39 is 53.6 Å². The average Bonchev–Trinajstić information content (AvgIpc) is 3.34. The Balaban J connectivity index is 1.75. The molecule has 3 amide bonds. The maximum absolute atomic E-state index is 13.6. The monoisotopic (exact) mass is 679 g/mol. The van der Waals surface area contributed by atoms with E-state index in [9.17, 15) is 38.7 Å². The van der Waals surface area contributed by atoms with E-state index in [0.717, 1.165) is 22.3 Å². The molecule has 0 saturated carbocycles. The molecular weight excluding hydrogens is 634 g/mol. The van der Waals surface area contributed by atoms with Crippen LogP contribution in [0.15, 0.2) is 48.5 Å². The number of carbonyl (C=O) groups excluding carboxylic acids is 6. The van der Waals surface area contributed by atoms with Crippen molar-refractivity contribution in [3.8, 4) is 11.1 Å². The van der Waals surface area contributed by atoms with Crippen LogP contribution in [0.3, 0.4) is 0 Å². The van der Waals surface area contributed by atoms with E-state index in [1.807, 2.05) is 48.5 Å². The Morgan fingerprint density at radius 1 is 0.694 bits per heavy atom. The Hall–Kier alpha value is -5.07. The predicted octanol–water partition coefficient (Wildman–Crippen LogP) is 3.81. The van der Waals surface area contributed by atoms with Crippen LogP contribution in [0.2, 0.25) is 0 Å². The zero-order valence-electron chi connectivity index (χ0n) is 28.5. The minimum atomic E-state index is -1.44. The van der Waals surface area contributed by atoms with Gasteiger partial charge in [0, 0.05) is 25.2 Å². The number of rotatable bonds is 17. The summed E-state index contributed by atoms with van der Waals surface area (Å²) in [6, 6.07) is 11.4. The van der Waals surface area contributed by atoms with E-state index >= 15 is 0 Å². The number of hydrogen-bond acceptors (Lipinski definition) is 9. The quantitative estimate of drug-likeness (QED) is 0.179. The molecule has 13 nitrogen and oxygen atoms in total. The topological polar surface area (TPSA) is 194 Å². The van der Waals surface area contributed by atoms with Crippen LogP contribution in [0, 0.1) is 0 Å². The number of fused-ring (bicyclic) bond motifs is 3. The SMILES string of the molecule is CC(=O)CC[C@H](NC(=O)[C@H](CCC(=O)OC(C)(C)C)NC(=O)[C@H](CCC(C)=O)NC(=O)OCC1c2ccccc2-c2ccccc21)C(=O)O. The van der Waals surface area contributed by atoms with Gasteiger partial charge in [-0.2, -0.15) is 0 Å². The molecule has 13 heteroatoms. The lowest BCUT2D eigenvalue weighted by Gasteiger charge is -2.25. The molecule has 0 saturated heterocycles. The highest BCUT2D eigenvalue weighted by atomic mass is 16.6. The average molecular weight is 680 g/mol. The van der Waals surface area contributed by atoms with Gasteiger partial charge in [-0.1, -0.05) is 48.5 Å². The molecule has 0 fully saturated rings. The maximum atomic E-state index is 13.6. The van der Waals surface area contributed by atoms with Gasteiger partial charge in [0.15, 0.2) is 0 Å². The highest BCUT2D eigenvalue weighted by molar-refractivity contribution is 5.93. The predicted molar refractivity (Wildman–Crippen MR) is 178 cm³/mol. The zero-order chi connectivity index (χ0) is 36.3. The number of aliphatic carboxylic acids is 1. The number of hydrogen-bond donors (Lipinski definition) is 4. The molecule has 2 aromatic carbocycles. The van der Waals surface area contributed by atoms with Crippen LogP contribution in [-0.4, -0.2) is 76.9 Å². The van der Waals surface area contributed by atoms with Gasteiger partial charge in [-0.15, -0.1) is 0 Å². The first kappa shape index (κ1) is 38.4.